The number of hydrogen-bond donors (Lipinski definition) is 1. The molecule has 8 heteroatoms. The SMILES string of the molecule is CCOC(=O)C1(c2cn3nc(NCCCN4CCC(OC(c5ccccc5)c5ccccc5)CC4)ccc3n2)CC1. The molecule has 0 radical (unpaired) electrons. The summed E-state index contributed by atoms with van der Waals surface area (Å²) in [6, 6.07) is 25.0. The molecule has 4 aromatic rings. The highest BCUT2D eigenvalue weighted by Gasteiger charge is 2.54. The molecule has 8 nitrogen and oxygen atoms in total. The molecule has 214 valence electrons. The van der Waals surface area contributed by atoms with Crippen molar-refractivity contribution in [2.24, 2.45) is 0 Å². The van der Waals surface area contributed by atoms with Crippen LogP contribution in [0.4, 0.5) is 5.82 Å². The highest BCUT2D eigenvalue weighted by molar-refractivity contribution is 5.86. The highest BCUT2D eigenvalue weighted by atomic mass is 16.5. The molecule has 2 aliphatic rings. The van der Waals surface area contributed by atoms with Crippen molar-refractivity contribution in [2.45, 2.75) is 56.7 Å². The van der Waals surface area contributed by atoms with Crippen molar-refractivity contribution in [3.8, 4) is 0 Å². The Morgan fingerprint density at radius 1 is 1.00 bits per heavy atom. The van der Waals surface area contributed by atoms with Crippen LogP contribution >= 0.6 is 0 Å². The van der Waals surface area contributed by atoms with Crippen molar-refractivity contribution in [2.75, 3.05) is 38.1 Å². The summed E-state index contributed by atoms with van der Waals surface area (Å²) < 4.78 is 13.8. The molecular formula is C33H39N5O3. The monoisotopic (exact) mass is 553 g/mol. The predicted octanol–water partition coefficient (Wildman–Crippen LogP) is 5.40. The Morgan fingerprint density at radius 3 is 2.32 bits per heavy atom. The molecule has 2 aromatic carbocycles. The number of benzene rings is 2. The zero-order valence-electron chi connectivity index (χ0n) is 23.7. The lowest BCUT2D eigenvalue weighted by Gasteiger charge is -2.34. The summed E-state index contributed by atoms with van der Waals surface area (Å²) in [5.74, 6) is 0.631. The molecular weight excluding hydrogens is 514 g/mol. The lowest BCUT2D eigenvalue weighted by atomic mass is 10.00. The maximum atomic E-state index is 12.4. The largest absolute Gasteiger partial charge is 0.465 e. The van der Waals surface area contributed by atoms with Crippen LogP contribution in [0, 0.1) is 0 Å². The zero-order chi connectivity index (χ0) is 28.1. The van der Waals surface area contributed by atoms with E-state index in [0.717, 1.165) is 75.4 Å². The Morgan fingerprint density at radius 2 is 1.68 bits per heavy atom. The predicted molar refractivity (Wildman–Crippen MR) is 159 cm³/mol. The van der Waals surface area contributed by atoms with E-state index in [0.29, 0.717) is 6.61 Å². The van der Waals surface area contributed by atoms with Gasteiger partial charge >= 0.3 is 5.97 Å². The first kappa shape index (κ1) is 27.4. The fourth-order valence-corrected chi connectivity index (χ4v) is 5.75. The minimum atomic E-state index is -0.584. The van der Waals surface area contributed by atoms with Crippen molar-refractivity contribution in [3.05, 3.63) is 95.8 Å². The average Bonchev–Trinajstić information content (AvgIpc) is 3.72. The van der Waals surface area contributed by atoms with E-state index in [2.05, 4.69) is 81.0 Å². The fraction of sp³-hybridized carbons (Fsp3) is 0.424. The van der Waals surface area contributed by atoms with Gasteiger partial charge in [-0.15, -0.1) is 5.10 Å². The third kappa shape index (κ3) is 6.29. The minimum Gasteiger partial charge on any atom is -0.465 e. The number of aromatic nitrogens is 3. The van der Waals surface area contributed by atoms with Crippen LogP contribution in [0.5, 0.6) is 0 Å². The molecule has 0 amide bonds. The summed E-state index contributed by atoms with van der Waals surface area (Å²) >= 11 is 0. The van der Waals surface area contributed by atoms with Crippen molar-refractivity contribution in [1.82, 2.24) is 19.5 Å². The lowest BCUT2D eigenvalue weighted by molar-refractivity contribution is -0.146. The van der Waals surface area contributed by atoms with Crippen molar-refractivity contribution in [3.63, 3.8) is 0 Å². The quantitative estimate of drug-likeness (QED) is 0.186. The molecule has 1 saturated heterocycles. The third-order valence-electron chi connectivity index (χ3n) is 8.25. The molecule has 2 fully saturated rings. The summed E-state index contributed by atoms with van der Waals surface area (Å²) in [6.45, 7) is 6.20. The minimum absolute atomic E-state index is 0.0328. The number of imidazole rings is 1. The zero-order valence-corrected chi connectivity index (χ0v) is 23.7. The summed E-state index contributed by atoms with van der Waals surface area (Å²) in [7, 11) is 0. The normalized spacial score (nSPS) is 17.1. The number of esters is 1. The van der Waals surface area contributed by atoms with Gasteiger partial charge in [-0.05, 0) is 68.8 Å². The molecule has 1 saturated carbocycles. The molecule has 1 N–H and O–H groups in total. The number of nitrogens with one attached hydrogen (secondary N) is 1. The first-order chi connectivity index (χ1) is 20.1. The van der Waals surface area contributed by atoms with Crippen molar-refractivity contribution >= 4 is 17.4 Å². The molecule has 1 aliphatic carbocycles. The Hall–Kier alpha value is -3.75. The van der Waals surface area contributed by atoms with Crippen molar-refractivity contribution < 1.29 is 14.3 Å². The van der Waals surface area contributed by atoms with Gasteiger partial charge in [-0.3, -0.25) is 4.79 Å². The van der Waals surface area contributed by atoms with Gasteiger partial charge in [0, 0.05) is 19.6 Å². The second-order valence-corrected chi connectivity index (χ2v) is 11.1. The smallest absolute Gasteiger partial charge is 0.318 e. The van der Waals surface area contributed by atoms with Gasteiger partial charge in [-0.25, -0.2) is 9.50 Å². The van der Waals surface area contributed by atoms with Gasteiger partial charge in [-0.2, -0.15) is 0 Å². The van der Waals surface area contributed by atoms with Crippen molar-refractivity contribution in [1.29, 1.82) is 0 Å². The number of carbonyl (C=O) groups is 1. The maximum absolute atomic E-state index is 12.4. The number of fused-ring (bicyclic) bond motifs is 1. The second kappa shape index (κ2) is 12.4. The van der Waals surface area contributed by atoms with Gasteiger partial charge in [0.1, 0.15) is 17.3 Å². The topological polar surface area (TPSA) is 81.0 Å². The molecule has 0 spiro atoms. The van der Waals surface area contributed by atoms with E-state index in [-0.39, 0.29) is 18.2 Å². The maximum Gasteiger partial charge on any atom is 0.318 e. The van der Waals surface area contributed by atoms with Crippen LogP contribution in [0.3, 0.4) is 0 Å². The molecule has 6 rings (SSSR count). The number of hydrogen-bond acceptors (Lipinski definition) is 7. The number of anilines is 1. The van der Waals surface area contributed by atoms with Gasteiger partial charge in [0.25, 0.3) is 0 Å². The Balaban J connectivity index is 0.964. The summed E-state index contributed by atoms with van der Waals surface area (Å²) in [4.78, 5) is 19.6. The molecule has 2 aromatic heterocycles. The molecule has 0 atom stereocenters. The summed E-state index contributed by atoms with van der Waals surface area (Å²) in [5, 5.41) is 8.13. The standard InChI is InChI=1S/C33H39N5O3/c1-2-40-32(39)33(18-19-33)28-24-38-30(35-28)15-14-29(36-38)34-20-9-21-37-22-16-27(17-23-37)41-31(25-10-5-3-6-11-25)26-12-7-4-8-13-26/h3-8,10-15,24,27,31H,2,9,16-23H2,1H3,(H,34,36). The third-order valence-corrected chi connectivity index (χ3v) is 8.25. The lowest BCUT2D eigenvalue weighted by Crippen LogP contribution is -2.38. The van der Waals surface area contributed by atoms with Crippen LogP contribution in [0.15, 0.2) is 79.0 Å². The first-order valence-corrected chi connectivity index (χ1v) is 14.9. The number of nitrogens with zero attached hydrogens (tertiary/aromatic N) is 4. The molecule has 0 bridgehead atoms. The van der Waals surface area contributed by atoms with E-state index in [1.54, 1.807) is 4.52 Å². The Labute approximate surface area is 241 Å². The number of ether oxygens (including phenoxy) is 2. The number of likely N-dealkylation sites (tertiary alicyclic amines) is 1. The number of carbonyl (C=O) groups excluding carboxylic acids is 1. The van der Waals surface area contributed by atoms with E-state index in [4.69, 9.17) is 9.47 Å². The van der Waals surface area contributed by atoms with E-state index in [1.807, 2.05) is 25.3 Å². The molecule has 0 unspecified atom stereocenters. The van der Waals surface area contributed by atoms with Crippen LogP contribution < -0.4 is 5.32 Å². The van der Waals surface area contributed by atoms with E-state index >= 15 is 0 Å². The van der Waals surface area contributed by atoms with Crippen LogP contribution in [-0.2, 0) is 19.7 Å². The number of piperidine rings is 1. The Kier molecular flexibility index (Phi) is 8.30. The van der Waals surface area contributed by atoms with Crippen LogP contribution in [0.1, 0.15) is 62.0 Å². The van der Waals surface area contributed by atoms with Gasteiger partial charge in [-0.1, -0.05) is 60.7 Å². The van der Waals surface area contributed by atoms with Gasteiger partial charge in [0.15, 0.2) is 5.65 Å². The van der Waals surface area contributed by atoms with E-state index in [1.165, 1.54) is 11.1 Å². The first-order valence-electron chi connectivity index (χ1n) is 14.9. The average molecular weight is 554 g/mol. The molecule has 41 heavy (non-hydrogen) atoms. The van der Waals surface area contributed by atoms with E-state index in [9.17, 15) is 4.79 Å². The van der Waals surface area contributed by atoms with Crippen LogP contribution in [0.2, 0.25) is 0 Å². The molecule has 3 heterocycles. The van der Waals surface area contributed by atoms with Gasteiger partial charge in [0.05, 0.1) is 24.6 Å². The fourth-order valence-electron chi connectivity index (χ4n) is 5.75. The number of rotatable bonds is 12. The molecule has 1 aliphatic heterocycles. The van der Waals surface area contributed by atoms with Gasteiger partial charge < -0.3 is 19.7 Å². The van der Waals surface area contributed by atoms with E-state index < -0.39 is 5.41 Å². The summed E-state index contributed by atoms with van der Waals surface area (Å²) in [6.07, 6.45) is 6.77. The Bertz CT molecular complexity index is 1390. The van der Waals surface area contributed by atoms with Crippen LogP contribution in [-0.4, -0.2) is 64.4 Å². The highest BCUT2D eigenvalue weighted by Crippen LogP contribution is 2.48. The summed E-state index contributed by atoms with van der Waals surface area (Å²) in [5.41, 5.74) is 3.33. The second-order valence-electron chi connectivity index (χ2n) is 11.1. The van der Waals surface area contributed by atoms with Crippen LogP contribution in [0.25, 0.3) is 5.65 Å². The van der Waals surface area contributed by atoms with Gasteiger partial charge in [0.2, 0.25) is 0 Å².